The van der Waals surface area contributed by atoms with Gasteiger partial charge in [-0.1, -0.05) is 36.4 Å². The highest BCUT2D eigenvalue weighted by molar-refractivity contribution is 6.07. The van der Waals surface area contributed by atoms with Crippen LogP contribution in [0.5, 0.6) is 0 Å². The van der Waals surface area contributed by atoms with Gasteiger partial charge < -0.3 is 15.5 Å². The minimum Gasteiger partial charge on any atom is -0.369 e. The lowest BCUT2D eigenvalue weighted by atomic mass is 9.95. The molecule has 0 aromatic heterocycles. The van der Waals surface area contributed by atoms with Crippen LogP contribution in [0, 0.1) is 11.8 Å². The molecule has 2 aliphatic heterocycles. The van der Waals surface area contributed by atoms with Crippen LogP contribution in [-0.2, 0) is 14.4 Å². The van der Waals surface area contributed by atoms with Crippen LogP contribution < -0.4 is 10.6 Å². The lowest BCUT2D eigenvalue weighted by molar-refractivity contribution is -0.138. The summed E-state index contributed by atoms with van der Waals surface area (Å²) in [5, 5.41) is 2.09. The van der Waals surface area contributed by atoms with Gasteiger partial charge in [-0.15, -0.1) is 0 Å². The van der Waals surface area contributed by atoms with Crippen molar-refractivity contribution in [2.24, 2.45) is 17.6 Å². The average Bonchev–Trinajstić information content (AvgIpc) is 3.08. The molecule has 1 unspecified atom stereocenters. The van der Waals surface area contributed by atoms with Crippen molar-refractivity contribution in [3.8, 4) is 0 Å². The predicted octanol–water partition coefficient (Wildman–Crippen LogP) is 1.92. The Kier molecular flexibility index (Phi) is 4.56. The van der Waals surface area contributed by atoms with Crippen LogP contribution in [0.4, 0.5) is 5.69 Å². The van der Waals surface area contributed by atoms with Crippen LogP contribution in [0.3, 0.4) is 0 Å². The Morgan fingerprint density at radius 1 is 0.963 bits per heavy atom. The Bertz CT molecular complexity index is 897. The Balaban J connectivity index is 1.49. The molecule has 2 aromatic rings. The lowest BCUT2D eigenvalue weighted by Gasteiger charge is -2.32. The molecule has 2 saturated heterocycles. The molecule has 6 heteroatoms. The van der Waals surface area contributed by atoms with Crippen molar-refractivity contribution in [1.82, 2.24) is 4.90 Å². The van der Waals surface area contributed by atoms with E-state index in [2.05, 4.69) is 0 Å². The summed E-state index contributed by atoms with van der Waals surface area (Å²) in [6.45, 7) is 1.47. The molecule has 4 rings (SSSR count). The van der Waals surface area contributed by atoms with E-state index < -0.39 is 0 Å². The standard InChI is InChI=1S/C21H23N3O3/c22-20(26)15-8-10-23(11-9-15)21(27)16-12-19(25)24(13-16)18-7-3-5-14-4-1-2-6-17(14)18/h1-7,15-16H,8-13H2,(H2,22,26). The van der Waals surface area contributed by atoms with E-state index >= 15 is 0 Å². The van der Waals surface area contributed by atoms with Crippen LogP contribution in [0.15, 0.2) is 42.5 Å². The van der Waals surface area contributed by atoms with Gasteiger partial charge in [-0.3, -0.25) is 14.4 Å². The van der Waals surface area contributed by atoms with E-state index in [1.165, 1.54) is 0 Å². The van der Waals surface area contributed by atoms with E-state index in [-0.39, 0.29) is 36.0 Å². The number of carbonyl (C=O) groups is 3. The molecular formula is C21H23N3O3. The first-order chi connectivity index (χ1) is 13.0. The zero-order valence-electron chi connectivity index (χ0n) is 15.1. The fourth-order valence-corrected chi connectivity index (χ4v) is 4.19. The topological polar surface area (TPSA) is 83.7 Å². The van der Waals surface area contributed by atoms with Crippen molar-refractivity contribution >= 4 is 34.2 Å². The number of hydrogen-bond acceptors (Lipinski definition) is 3. The first kappa shape index (κ1) is 17.5. The fraction of sp³-hybridized carbons (Fsp3) is 0.381. The molecule has 1 atom stereocenters. The number of carbonyl (C=O) groups excluding carboxylic acids is 3. The van der Waals surface area contributed by atoms with Gasteiger partial charge in [0.15, 0.2) is 0 Å². The second-order valence-electron chi connectivity index (χ2n) is 7.41. The normalized spacial score (nSPS) is 21.0. The first-order valence-corrected chi connectivity index (χ1v) is 9.41. The highest BCUT2D eigenvalue weighted by atomic mass is 16.2. The molecule has 140 valence electrons. The van der Waals surface area contributed by atoms with Crippen LogP contribution in [0.2, 0.25) is 0 Å². The molecule has 0 bridgehead atoms. The first-order valence-electron chi connectivity index (χ1n) is 9.41. The number of benzene rings is 2. The smallest absolute Gasteiger partial charge is 0.228 e. The summed E-state index contributed by atoms with van der Waals surface area (Å²) in [5.41, 5.74) is 6.23. The van der Waals surface area contributed by atoms with Gasteiger partial charge in [-0.05, 0) is 24.3 Å². The van der Waals surface area contributed by atoms with Crippen molar-refractivity contribution in [2.45, 2.75) is 19.3 Å². The fourth-order valence-electron chi connectivity index (χ4n) is 4.19. The number of hydrogen-bond donors (Lipinski definition) is 1. The lowest BCUT2D eigenvalue weighted by Crippen LogP contribution is -2.44. The molecule has 2 fully saturated rings. The third-order valence-corrected chi connectivity index (χ3v) is 5.74. The minimum absolute atomic E-state index is 0.00834. The maximum absolute atomic E-state index is 12.9. The molecule has 0 saturated carbocycles. The molecule has 6 nitrogen and oxygen atoms in total. The number of fused-ring (bicyclic) bond motifs is 1. The van der Waals surface area contributed by atoms with Gasteiger partial charge in [0.2, 0.25) is 17.7 Å². The van der Waals surface area contributed by atoms with Crippen LogP contribution in [0.1, 0.15) is 19.3 Å². The number of nitrogens with two attached hydrogens (primary N) is 1. The Morgan fingerprint density at radius 2 is 1.67 bits per heavy atom. The zero-order chi connectivity index (χ0) is 19.0. The summed E-state index contributed by atoms with van der Waals surface area (Å²) in [5.74, 6) is -0.779. The molecule has 0 aliphatic carbocycles. The van der Waals surface area contributed by atoms with Gasteiger partial charge in [0.05, 0.1) is 11.6 Å². The average molecular weight is 365 g/mol. The second kappa shape index (κ2) is 7.02. The van der Waals surface area contributed by atoms with Crippen molar-refractivity contribution in [1.29, 1.82) is 0 Å². The molecule has 0 spiro atoms. The van der Waals surface area contributed by atoms with E-state index in [1.807, 2.05) is 42.5 Å². The summed E-state index contributed by atoms with van der Waals surface area (Å²) in [7, 11) is 0. The summed E-state index contributed by atoms with van der Waals surface area (Å²) in [6.07, 6.45) is 1.45. The van der Waals surface area contributed by atoms with Gasteiger partial charge in [0.25, 0.3) is 0 Å². The number of amides is 3. The van der Waals surface area contributed by atoms with E-state index in [1.54, 1.807) is 9.80 Å². The maximum Gasteiger partial charge on any atom is 0.228 e. The van der Waals surface area contributed by atoms with E-state index in [9.17, 15) is 14.4 Å². The zero-order valence-corrected chi connectivity index (χ0v) is 15.1. The number of anilines is 1. The van der Waals surface area contributed by atoms with E-state index in [0.29, 0.717) is 32.5 Å². The van der Waals surface area contributed by atoms with Gasteiger partial charge >= 0.3 is 0 Å². The van der Waals surface area contributed by atoms with Crippen LogP contribution in [-0.4, -0.2) is 42.3 Å². The number of likely N-dealkylation sites (tertiary alicyclic amines) is 1. The third kappa shape index (κ3) is 3.27. The maximum atomic E-state index is 12.9. The van der Waals surface area contributed by atoms with Crippen molar-refractivity contribution < 1.29 is 14.4 Å². The van der Waals surface area contributed by atoms with Gasteiger partial charge in [-0.25, -0.2) is 0 Å². The second-order valence-corrected chi connectivity index (χ2v) is 7.41. The largest absolute Gasteiger partial charge is 0.369 e. The molecule has 2 heterocycles. The monoisotopic (exact) mass is 365 g/mol. The number of nitrogens with zero attached hydrogens (tertiary/aromatic N) is 2. The van der Waals surface area contributed by atoms with Gasteiger partial charge in [-0.2, -0.15) is 0 Å². The summed E-state index contributed by atoms with van der Waals surface area (Å²) in [4.78, 5) is 40.4. The predicted molar refractivity (Wildman–Crippen MR) is 103 cm³/mol. The Hall–Kier alpha value is -2.89. The van der Waals surface area contributed by atoms with Gasteiger partial charge in [0.1, 0.15) is 0 Å². The van der Waals surface area contributed by atoms with Crippen molar-refractivity contribution in [2.75, 3.05) is 24.5 Å². The van der Waals surface area contributed by atoms with Crippen molar-refractivity contribution in [3.63, 3.8) is 0 Å². The molecule has 27 heavy (non-hydrogen) atoms. The molecule has 2 aromatic carbocycles. The molecule has 3 amide bonds. The number of primary amides is 1. The third-order valence-electron chi connectivity index (χ3n) is 5.74. The van der Waals surface area contributed by atoms with Crippen LogP contribution >= 0.6 is 0 Å². The Labute approximate surface area is 157 Å². The summed E-state index contributed by atoms with van der Waals surface area (Å²) in [6, 6.07) is 13.8. The number of rotatable bonds is 3. The molecular weight excluding hydrogens is 342 g/mol. The van der Waals surface area contributed by atoms with E-state index in [0.717, 1.165) is 16.5 Å². The highest BCUT2D eigenvalue weighted by Gasteiger charge is 2.38. The van der Waals surface area contributed by atoms with Crippen molar-refractivity contribution in [3.05, 3.63) is 42.5 Å². The van der Waals surface area contributed by atoms with E-state index in [4.69, 9.17) is 5.73 Å². The number of piperidine rings is 1. The Morgan fingerprint density at radius 3 is 2.41 bits per heavy atom. The summed E-state index contributed by atoms with van der Waals surface area (Å²) >= 11 is 0. The quantitative estimate of drug-likeness (QED) is 0.902. The summed E-state index contributed by atoms with van der Waals surface area (Å²) < 4.78 is 0. The van der Waals surface area contributed by atoms with Gasteiger partial charge in [0, 0.05) is 37.4 Å². The minimum atomic E-state index is -0.332. The highest BCUT2D eigenvalue weighted by Crippen LogP contribution is 2.32. The molecule has 2 N–H and O–H groups in total. The van der Waals surface area contributed by atoms with Crippen LogP contribution in [0.25, 0.3) is 10.8 Å². The molecule has 2 aliphatic rings. The molecule has 0 radical (unpaired) electrons. The SMILES string of the molecule is NC(=O)C1CCN(C(=O)C2CC(=O)N(c3cccc4ccccc34)C2)CC1.